The third kappa shape index (κ3) is 3.98. The number of halogens is 2. The summed E-state index contributed by atoms with van der Waals surface area (Å²) in [7, 11) is 1.60. The van der Waals surface area contributed by atoms with Crippen molar-refractivity contribution >= 4 is 5.71 Å². The number of hydrogen-bond acceptors (Lipinski definition) is 2. The highest BCUT2D eigenvalue weighted by Crippen LogP contribution is 2.11. The Morgan fingerprint density at radius 3 is 2.53 bits per heavy atom. The van der Waals surface area contributed by atoms with Crippen molar-refractivity contribution in [3.8, 4) is 0 Å². The highest BCUT2D eigenvalue weighted by atomic mass is 19.1. The second kappa shape index (κ2) is 6.78. The Kier molecular flexibility index (Phi) is 5.33. The number of allylic oxidation sites excluding steroid dienone is 1. The fourth-order valence-corrected chi connectivity index (χ4v) is 1.34. The summed E-state index contributed by atoms with van der Waals surface area (Å²) in [5, 5.41) is 0. The van der Waals surface area contributed by atoms with E-state index < -0.39 is 6.67 Å². The summed E-state index contributed by atoms with van der Waals surface area (Å²) < 4.78 is 29.9. The minimum absolute atomic E-state index is 0.259. The lowest BCUT2D eigenvalue weighted by Crippen LogP contribution is -2.08. The van der Waals surface area contributed by atoms with E-state index in [4.69, 9.17) is 4.74 Å². The van der Waals surface area contributed by atoms with Crippen LogP contribution in [0.1, 0.15) is 12.0 Å². The molecule has 0 aliphatic carbocycles. The van der Waals surface area contributed by atoms with Crippen molar-refractivity contribution in [1.29, 1.82) is 0 Å². The molecule has 0 bridgehead atoms. The van der Waals surface area contributed by atoms with E-state index in [0.29, 0.717) is 17.9 Å². The van der Waals surface area contributed by atoms with Gasteiger partial charge >= 0.3 is 0 Å². The minimum atomic E-state index is -0.428. The molecule has 0 heterocycles. The van der Waals surface area contributed by atoms with Gasteiger partial charge in [0.15, 0.2) is 0 Å². The van der Waals surface area contributed by atoms with Crippen molar-refractivity contribution in [2.75, 3.05) is 20.3 Å². The molecule has 1 rings (SSSR count). The van der Waals surface area contributed by atoms with Crippen molar-refractivity contribution in [2.24, 2.45) is 4.99 Å². The first kappa shape index (κ1) is 13.4. The van der Waals surface area contributed by atoms with Crippen molar-refractivity contribution in [3.63, 3.8) is 0 Å². The molecule has 0 saturated heterocycles. The van der Waals surface area contributed by atoms with Gasteiger partial charge in [-0.15, -0.1) is 0 Å². The molecule has 0 spiro atoms. The summed E-state index contributed by atoms with van der Waals surface area (Å²) in [5.74, 6) is 0.0562. The SMILES string of the molecule is C=C(OCCCF)C(=NC)c1ccc(F)cc1. The van der Waals surface area contributed by atoms with Crippen LogP contribution in [0.25, 0.3) is 0 Å². The number of nitrogens with zero attached hydrogens (tertiary/aromatic N) is 1. The van der Waals surface area contributed by atoms with Gasteiger partial charge in [-0.25, -0.2) is 4.39 Å². The van der Waals surface area contributed by atoms with Crippen LogP contribution in [0.3, 0.4) is 0 Å². The van der Waals surface area contributed by atoms with Crippen molar-refractivity contribution in [2.45, 2.75) is 6.42 Å². The lowest BCUT2D eigenvalue weighted by atomic mass is 10.1. The number of hydrogen-bond donors (Lipinski definition) is 0. The summed E-state index contributed by atoms with van der Waals surface area (Å²) in [6.45, 7) is 3.56. The number of ether oxygens (including phenoxy) is 1. The number of benzene rings is 1. The summed E-state index contributed by atoms with van der Waals surface area (Å²) >= 11 is 0. The number of aliphatic imine (C=N–C) groups is 1. The second-order valence-corrected chi connectivity index (χ2v) is 3.39. The lowest BCUT2D eigenvalue weighted by Gasteiger charge is -2.10. The molecule has 0 amide bonds. The molecule has 0 aromatic heterocycles. The summed E-state index contributed by atoms with van der Waals surface area (Å²) in [6.07, 6.45) is 0.319. The van der Waals surface area contributed by atoms with Crippen LogP contribution < -0.4 is 0 Å². The van der Waals surface area contributed by atoms with E-state index in [2.05, 4.69) is 11.6 Å². The van der Waals surface area contributed by atoms with Gasteiger partial charge in [0, 0.05) is 19.0 Å². The lowest BCUT2D eigenvalue weighted by molar-refractivity contribution is 0.217. The average molecular weight is 239 g/mol. The Labute approximate surface area is 99.6 Å². The Balaban J connectivity index is 2.72. The molecule has 0 aliphatic heterocycles. The first-order valence-corrected chi connectivity index (χ1v) is 5.29. The van der Waals surface area contributed by atoms with E-state index in [1.165, 1.54) is 12.1 Å². The van der Waals surface area contributed by atoms with Crippen LogP contribution in [0.15, 0.2) is 41.6 Å². The zero-order valence-electron chi connectivity index (χ0n) is 9.75. The summed E-state index contributed by atoms with van der Waals surface area (Å²) in [4.78, 5) is 4.04. The van der Waals surface area contributed by atoms with Gasteiger partial charge in [0.05, 0.1) is 13.3 Å². The standard InChI is InChI=1S/C13H15F2NO/c1-10(17-9-3-8-14)13(16-2)11-4-6-12(15)7-5-11/h4-7H,1,3,8-9H2,2H3. The molecule has 2 nitrogen and oxygen atoms in total. The molecule has 1 aromatic rings. The largest absolute Gasteiger partial charge is 0.492 e. The predicted molar refractivity (Wildman–Crippen MR) is 64.5 cm³/mol. The molecule has 0 fully saturated rings. The average Bonchev–Trinajstić information content (AvgIpc) is 2.33. The van der Waals surface area contributed by atoms with Crippen LogP contribution >= 0.6 is 0 Å². The molecule has 1 aromatic carbocycles. The highest BCUT2D eigenvalue weighted by molar-refractivity contribution is 6.10. The second-order valence-electron chi connectivity index (χ2n) is 3.39. The third-order valence-corrected chi connectivity index (χ3v) is 2.16. The van der Waals surface area contributed by atoms with Crippen molar-refractivity contribution < 1.29 is 13.5 Å². The fraction of sp³-hybridized carbons (Fsp3) is 0.308. The van der Waals surface area contributed by atoms with Crippen LogP contribution in [0.2, 0.25) is 0 Å². The fourth-order valence-electron chi connectivity index (χ4n) is 1.34. The van der Waals surface area contributed by atoms with Gasteiger partial charge in [-0.3, -0.25) is 9.38 Å². The highest BCUT2D eigenvalue weighted by Gasteiger charge is 2.08. The Hall–Kier alpha value is -1.71. The van der Waals surface area contributed by atoms with Gasteiger partial charge in [0.2, 0.25) is 0 Å². The summed E-state index contributed by atoms with van der Waals surface area (Å²) in [6, 6.07) is 5.88. The number of rotatable bonds is 6. The third-order valence-electron chi connectivity index (χ3n) is 2.16. The van der Waals surface area contributed by atoms with Gasteiger partial charge in [-0.05, 0) is 24.3 Å². The molecule has 0 unspecified atom stereocenters. The molecule has 0 saturated carbocycles. The van der Waals surface area contributed by atoms with Crippen LogP contribution in [-0.4, -0.2) is 26.0 Å². The van der Waals surface area contributed by atoms with E-state index in [-0.39, 0.29) is 12.4 Å². The molecular formula is C13H15F2NO. The monoisotopic (exact) mass is 239 g/mol. The molecule has 0 aliphatic rings. The normalized spacial score (nSPS) is 11.4. The molecule has 0 radical (unpaired) electrons. The number of alkyl halides is 1. The Bertz CT molecular complexity index is 398. The topological polar surface area (TPSA) is 21.6 Å². The van der Waals surface area contributed by atoms with E-state index in [1.807, 2.05) is 0 Å². The summed E-state index contributed by atoms with van der Waals surface area (Å²) in [5.41, 5.74) is 1.27. The zero-order chi connectivity index (χ0) is 12.7. The molecule has 92 valence electrons. The van der Waals surface area contributed by atoms with Gasteiger partial charge in [-0.1, -0.05) is 6.58 Å². The van der Waals surface area contributed by atoms with Gasteiger partial charge in [0.25, 0.3) is 0 Å². The van der Waals surface area contributed by atoms with Crippen LogP contribution in [0, 0.1) is 5.82 Å². The van der Waals surface area contributed by atoms with Crippen LogP contribution in [0.4, 0.5) is 8.78 Å². The van der Waals surface area contributed by atoms with Crippen molar-refractivity contribution in [3.05, 3.63) is 48.0 Å². The maximum atomic E-state index is 12.8. The van der Waals surface area contributed by atoms with Crippen molar-refractivity contribution in [1.82, 2.24) is 0 Å². The molecule has 0 atom stereocenters. The van der Waals surface area contributed by atoms with E-state index in [9.17, 15) is 8.78 Å². The molecule has 0 N–H and O–H groups in total. The Morgan fingerprint density at radius 1 is 1.35 bits per heavy atom. The molecule has 4 heteroatoms. The first-order chi connectivity index (χ1) is 8.19. The van der Waals surface area contributed by atoms with Gasteiger partial charge in [0.1, 0.15) is 17.3 Å². The van der Waals surface area contributed by atoms with Crippen LogP contribution in [0.5, 0.6) is 0 Å². The Morgan fingerprint density at radius 2 is 2.00 bits per heavy atom. The first-order valence-electron chi connectivity index (χ1n) is 5.29. The molecule has 17 heavy (non-hydrogen) atoms. The van der Waals surface area contributed by atoms with E-state index in [0.717, 1.165) is 5.56 Å². The van der Waals surface area contributed by atoms with E-state index in [1.54, 1.807) is 19.2 Å². The van der Waals surface area contributed by atoms with Gasteiger partial charge in [-0.2, -0.15) is 0 Å². The quantitative estimate of drug-likeness (QED) is 0.424. The smallest absolute Gasteiger partial charge is 0.137 e. The maximum Gasteiger partial charge on any atom is 0.137 e. The van der Waals surface area contributed by atoms with Gasteiger partial charge < -0.3 is 4.74 Å². The molecular weight excluding hydrogens is 224 g/mol. The minimum Gasteiger partial charge on any atom is -0.492 e. The maximum absolute atomic E-state index is 12.8. The van der Waals surface area contributed by atoms with Crippen LogP contribution in [-0.2, 0) is 4.74 Å². The predicted octanol–water partition coefficient (Wildman–Crippen LogP) is 3.13. The zero-order valence-corrected chi connectivity index (χ0v) is 9.75. The van der Waals surface area contributed by atoms with E-state index >= 15 is 0 Å².